The second kappa shape index (κ2) is 10.7. The SMILES string of the molecule is CCC(=O)OC[C@@H](C)CCC1=C(C)[C@H]2[C@H](C[C@H]3[C@@H]4CC=C5C[C@@H](OC(=O)CC)CC[C@]5(C)[C@H]4CC[C@@]32C)O1. The molecule has 0 bridgehead atoms. The second-order valence-corrected chi connectivity index (χ2v) is 13.7. The van der Waals surface area contributed by atoms with Crippen LogP contribution in [0.4, 0.5) is 0 Å². The maximum absolute atomic E-state index is 11.9. The molecule has 3 saturated carbocycles. The van der Waals surface area contributed by atoms with Crippen LogP contribution in [0.1, 0.15) is 112 Å². The van der Waals surface area contributed by atoms with Crippen molar-refractivity contribution in [3.63, 3.8) is 0 Å². The van der Waals surface area contributed by atoms with Gasteiger partial charge in [-0.2, -0.15) is 0 Å². The van der Waals surface area contributed by atoms with Crippen molar-refractivity contribution in [3.05, 3.63) is 23.0 Å². The summed E-state index contributed by atoms with van der Waals surface area (Å²) in [6.45, 7) is 13.8. The third-order valence-electron chi connectivity index (χ3n) is 11.5. The van der Waals surface area contributed by atoms with Crippen LogP contribution in [0.25, 0.3) is 0 Å². The number of fused-ring (bicyclic) bond motifs is 7. The Morgan fingerprint density at radius 3 is 2.61 bits per heavy atom. The summed E-state index contributed by atoms with van der Waals surface area (Å²) in [6.07, 6.45) is 13.8. The molecule has 5 rings (SSSR count). The summed E-state index contributed by atoms with van der Waals surface area (Å²) in [5.74, 6) is 4.11. The van der Waals surface area contributed by atoms with Crippen molar-refractivity contribution < 1.29 is 23.8 Å². The van der Waals surface area contributed by atoms with Crippen LogP contribution in [0.3, 0.4) is 0 Å². The number of hydrogen-bond donors (Lipinski definition) is 0. The van der Waals surface area contributed by atoms with Crippen LogP contribution in [0, 0.1) is 40.4 Å². The van der Waals surface area contributed by atoms with E-state index < -0.39 is 0 Å². The summed E-state index contributed by atoms with van der Waals surface area (Å²) in [5, 5.41) is 0. The van der Waals surface area contributed by atoms with E-state index in [4.69, 9.17) is 14.2 Å². The zero-order valence-corrected chi connectivity index (χ0v) is 24.6. The first kappa shape index (κ1) is 27.8. The van der Waals surface area contributed by atoms with Crippen molar-refractivity contribution >= 4 is 11.9 Å². The van der Waals surface area contributed by atoms with Gasteiger partial charge < -0.3 is 14.2 Å². The van der Waals surface area contributed by atoms with Crippen LogP contribution in [0.2, 0.25) is 0 Å². The number of allylic oxidation sites excluding steroid dienone is 2. The average Bonchev–Trinajstić information content (AvgIpc) is 3.38. The number of rotatable bonds is 8. The first-order valence-corrected chi connectivity index (χ1v) is 15.5. The second-order valence-electron chi connectivity index (χ2n) is 13.7. The maximum atomic E-state index is 11.9. The van der Waals surface area contributed by atoms with Crippen LogP contribution in [0.5, 0.6) is 0 Å². The van der Waals surface area contributed by atoms with E-state index in [0.717, 1.165) is 43.9 Å². The molecule has 4 aliphatic carbocycles. The van der Waals surface area contributed by atoms with Gasteiger partial charge in [0.2, 0.25) is 0 Å². The fraction of sp³-hybridized carbons (Fsp3) is 0.818. The molecule has 0 amide bonds. The molecule has 212 valence electrons. The van der Waals surface area contributed by atoms with E-state index >= 15 is 0 Å². The summed E-state index contributed by atoms with van der Waals surface area (Å²) in [7, 11) is 0. The monoisotopic (exact) mass is 526 g/mol. The minimum Gasteiger partial charge on any atom is -0.494 e. The Bertz CT molecular complexity index is 995. The Morgan fingerprint density at radius 1 is 1.11 bits per heavy atom. The van der Waals surface area contributed by atoms with E-state index in [9.17, 15) is 9.59 Å². The number of esters is 2. The maximum Gasteiger partial charge on any atom is 0.305 e. The highest BCUT2D eigenvalue weighted by molar-refractivity contribution is 5.69. The van der Waals surface area contributed by atoms with Gasteiger partial charge in [-0.1, -0.05) is 46.3 Å². The Kier molecular flexibility index (Phi) is 7.79. The lowest BCUT2D eigenvalue weighted by molar-refractivity contribution is -0.151. The van der Waals surface area contributed by atoms with Crippen molar-refractivity contribution in [1.82, 2.24) is 0 Å². The van der Waals surface area contributed by atoms with Crippen LogP contribution >= 0.6 is 0 Å². The minimum absolute atomic E-state index is 0.0593. The zero-order chi connectivity index (χ0) is 27.2. The summed E-state index contributed by atoms with van der Waals surface area (Å²) in [4.78, 5) is 23.4. The van der Waals surface area contributed by atoms with E-state index in [0.29, 0.717) is 48.7 Å². The van der Waals surface area contributed by atoms with E-state index in [1.807, 2.05) is 13.8 Å². The summed E-state index contributed by atoms with van der Waals surface area (Å²) in [5.41, 5.74) is 3.63. The molecule has 0 aromatic heterocycles. The fourth-order valence-electron chi connectivity index (χ4n) is 9.38. The van der Waals surface area contributed by atoms with Crippen molar-refractivity contribution in [2.45, 2.75) is 124 Å². The van der Waals surface area contributed by atoms with E-state index in [-0.39, 0.29) is 23.5 Å². The molecule has 1 heterocycles. The Hall–Kier alpha value is -1.78. The number of carbonyl (C=O) groups excluding carboxylic acids is 2. The van der Waals surface area contributed by atoms with Crippen LogP contribution in [0.15, 0.2) is 23.0 Å². The summed E-state index contributed by atoms with van der Waals surface area (Å²) in [6, 6.07) is 0. The third-order valence-corrected chi connectivity index (χ3v) is 11.5. The molecule has 38 heavy (non-hydrogen) atoms. The van der Waals surface area contributed by atoms with Gasteiger partial charge in [0.1, 0.15) is 12.2 Å². The molecule has 5 nitrogen and oxygen atoms in total. The normalized spacial score (nSPS) is 40.2. The van der Waals surface area contributed by atoms with Gasteiger partial charge in [0, 0.05) is 31.6 Å². The lowest BCUT2D eigenvalue weighted by Gasteiger charge is -2.58. The summed E-state index contributed by atoms with van der Waals surface area (Å²) < 4.78 is 17.9. The predicted molar refractivity (Wildman–Crippen MR) is 148 cm³/mol. The van der Waals surface area contributed by atoms with Crippen molar-refractivity contribution in [1.29, 1.82) is 0 Å². The molecule has 0 unspecified atom stereocenters. The number of hydrogen-bond acceptors (Lipinski definition) is 5. The van der Waals surface area contributed by atoms with E-state index in [2.05, 4.69) is 33.8 Å². The van der Waals surface area contributed by atoms with Gasteiger partial charge in [-0.15, -0.1) is 0 Å². The lowest BCUT2D eigenvalue weighted by Crippen LogP contribution is -2.50. The smallest absolute Gasteiger partial charge is 0.305 e. The molecule has 5 heteroatoms. The quantitative estimate of drug-likeness (QED) is 0.241. The van der Waals surface area contributed by atoms with E-state index in [1.54, 1.807) is 5.57 Å². The van der Waals surface area contributed by atoms with Crippen LogP contribution in [-0.2, 0) is 23.8 Å². The minimum atomic E-state index is -0.111. The van der Waals surface area contributed by atoms with Crippen molar-refractivity contribution in [2.75, 3.05) is 6.61 Å². The molecule has 9 atom stereocenters. The first-order chi connectivity index (χ1) is 18.1. The molecule has 0 radical (unpaired) electrons. The van der Waals surface area contributed by atoms with Gasteiger partial charge in [-0.25, -0.2) is 0 Å². The molecular formula is C33H50O5. The molecule has 0 spiro atoms. The van der Waals surface area contributed by atoms with Gasteiger partial charge in [0.25, 0.3) is 0 Å². The van der Waals surface area contributed by atoms with Gasteiger partial charge in [0.05, 0.1) is 12.4 Å². The molecule has 5 aliphatic rings. The van der Waals surface area contributed by atoms with Gasteiger partial charge in [0.15, 0.2) is 0 Å². The molecular weight excluding hydrogens is 476 g/mol. The van der Waals surface area contributed by atoms with Crippen LogP contribution < -0.4 is 0 Å². The largest absolute Gasteiger partial charge is 0.494 e. The van der Waals surface area contributed by atoms with Crippen molar-refractivity contribution in [3.8, 4) is 0 Å². The zero-order valence-electron chi connectivity index (χ0n) is 24.6. The molecule has 0 aromatic carbocycles. The highest BCUT2D eigenvalue weighted by Crippen LogP contribution is 2.69. The molecule has 3 fully saturated rings. The van der Waals surface area contributed by atoms with Crippen molar-refractivity contribution in [2.24, 2.45) is 40.4 Å². The Labute approximate surface area is 230 Å². The number of ether oxygens (including phenoxy) is 3. The summed E-state index contributed by atoms with van der Waals surface area (Å²) >= 11 is 0. The topological polar surface area (TPSA) is 61.8 Å². The molecule has 0 N–H and O–H groups in total. The standard InChI is InChI=1S/C33H50O5/c1-7-29(34)36-19-20(3)9-12-27-21(4)31-28(38-27)18-26-24-11-10-22-17-23(37-30(35)8-2)13-15-32(22,5)25(24)14-16-33(26,31)6/h10,20,23-26,28,31H,7-9,11-19H2,1-6H3/t20-,23-,24+,25-,26-,28-,31-,32-,33-/m0/s1. The highest BCUT2D eigenvalue weighted by atomic mass is 16.5. The van der Waals surface area contributed by atoms with E-state index in [1.165, 1.54) is 37.0 Å². The van der Waals surface area contributed by atoms with Gasteiger partial charge in [-0.05, 0) is 91.9 Å². The lowest BCUT2D eigenvalue weighted by atomic mass is 9.47. The fourth-order valence-corrected chi connectivity index (χ4v) is 9.38. The Balaban J connectivity index is 1.26. The third kappa shape index (κ3) is 4.74. The Morgan fingerprint density at radius 2 is 1.87 bits per heavy atom. The van der Waals surface area contributed by atoms with Gasteiger partial charge in [-0.3, -0.25) is 9.59 Å². The molecule has 1 aliphatic heterocycles. The number of carbonyl (C=O) groups is 2. The average molecular weight is 527 g/mol. The highest BCUT2D eigenvalue weighted by Gasteiger charge is 2.63. The molecule has 0 saturated heterocycles. The van der Waals surface area contributed by atoms with Gasteiger partial charge >= 0.3 is 11.9 Å². The van der Waals surface area contributed by atoms with Crippen LogP contribution in [-0.4, -0.2) is 30.8 Å². The first-order valence-electron chi connectivity index (χ1n) is 15.5. The molecule has 0 aromatic rings. The predicted octanol–water partition coefficient (Wildman–Crippen LogP) is 7.54.